The molecule has 144 valence electrons. The quantitative estimate of drug-likeness (QED) is 0.307. The summed E-state index contributed by atoms with van der Waals surface area (Å²) in [6, 6.07) is 6.27. The van der Waals surface area contributed by atoms with Crippen molar-refractivity contribution in [3.8, 4) is 0 Å². The van der Waals surface area contributed by atoms with Gasteiger partial charge in [0.1, 0.15) is 0 Å². The van der Waals surface area contributed by atoms with Gasteiger partial charge in [-0.15, -0.1) is 0 Å². The van der Waals surface area contributed by atoms with Crippen LogP contribution in [0.3, 0.4) is 0 Å². The van der Waals surface area contributed by atoms with Crippen LogP contribution in [0.4, 0.5) is 11.4 Å². The number of benzene rings is 1. The third-order valence-electron chi connectivity index (χ3n) is 4.33. The van der Waals surface area contributed by atoms with Crippen LogP contribution in [0.15, 0.2) is 24.3 Å². The van der Waals surface area contributed by atoms with E-state index in [4.69, 9.17) is 5.11 Å². The van der Waals surface area contributed by atoms with Crippen molar-refractivity contribution in [3.05, 3.63) is 34.4 Å². The summed E-state index contributed by atoms with van der Waals surface area (Å²) >= 11 is 0. The number of β-amino-alcohol motifs (C(OH)–C–C–N with tert-alkyl or cyclic N) is 1. The fraction of sp³-hybridized carbons (Fsp3) is 0.588. The number of anilines is 1. The van der Waals surface area contributed by atoms with Crippen LogP contribution in [0.1, 0.15) is 6.42 Å². The van der Waals surface area contributed by atoms with Gasteiger partial charge in [-0.2, -0.15) is 0 Å². The molecule has 2 rings (SSSR count). The lowest BCUT2D eigenvalue weighted by atomic mass is 10.3. The number of non-ortho nitro benzene ring substituents is 1. The lowest BCUT2D eigenvalue weighted by molar-refractivity contribution is -0.384. The van der Waals surface area contributed by atoms with Crippen LogP contribution in [-0.2, 0) is 4.79 Å². The van der Waals surface area contributed by atoms with E-state index in [0.29, 0.717) is 26.2 Å². The highest BCUT2D eigenvalue weighted by Crippen LogP contribution is 2.15. The van der Waals surface area contributed by atoms with Crippen molar-refractivity contribution < 1.29 is 14.8 Å². The van der Waals surface area contributed by atoms with E-state index in [1.165, 1.54) is 12.1 Å². The highest BCUT2D eigenvalue weighted by Gasteiger charge is 2.18. The monoisotopic (exact) mass is 365 g/mol. The molecule has 0 radical (unpaired) electrons. The van der Waals surface area contributed by atoms with Crippen LogP contribution in [0.25, 0.3) is 0 Å². The molecule has 0 aliphatic carbocycles. The van der Waals surface area contributed by atoms with Gasteiger partial charge in [-0.05, 0) is 18.6 Å². The Morgan fingerprint density at radius 2 is 1.77 bits per heavy atom. The third-order valence-corrected chi connectivity index (χ3v) is 4.33. The normalized spacial score (nSPS) is 15.6. The van der Waals surface area contributed by atoms with Gasteiger partial charge in [0.2, 0.25) is 5.91 Å². The van der Waals surface area contributed by atoms with Gasteiger partial charge >= 0.3 is 0 Å². The minimum absolute atomic E-state index is 0.0240. The van der Waals surface area contributed by atoms with Gasteiger partial charge in [0.05, 0.1) is 18.1 Å². The molecular weight excluding hydrogens is 338 g/mol. The van der Waals surface area contributed by atoms with E-state index in [9.17, 15) is 14.9 Å². The van der Waals surface area contributed by atoms with Crippen LogP contribution < -0.4 is 10.6 Å². The lowest BCUT2D eigenvalue weighted by Crippen LogP contribution is -2.50. The number of rotatable bonds is 10. The second-order valence-corrected chi connectivity index (χ2v) is 6.28. The maximum atomic E-state index is 12.0. The molecular formula is C17H27N5O4. The molecule has 1 heterocycles. The zero-order chi connectivity index (χ0) is 18.8. The molecule has 1 aliphatic heterocycles. The van der Waals surface area contributed by atoms with Crippen molar-refractivity contribution in [2.45, 2.75) is 6.42 Å². The van der Waals surface area contributed by atoms with Crippen LogP contribution in [-0.4, -0.2) is 84.7 Å². The summed E-state index contributed by atoms with van der Waals surface area (Å²) in [5.41, 5.74) is 0.891. The first-order chi connectivity index (χ1) is 12.6. The highest BCUT2D eigenvalue weighted by atomic mass is 16.6. The molecule has 0 unspecified atom stereocenters. The van der Waals surface area contributed by atoms with E-state index in [1.54, 1.807) is 12.1 Å². The Morgan fingerprint density at radius 1 is 1.12 bits per heavy atom. The predicted octanol–water partition coefficient (Wildman–Crippen LogP) is 0.123. The van der Waals surface area contributed by atoms with Crippen LogP contribution in [0.2, 0.25) is 0 Å². The van der Waals surface area contributed by atoms with E-state index in [1.807, 2.05) is 0 Å². The first-order valence-electron chi connectivity index (χ1n) is 8.89. The predicted molar refractivity (Wildman–Crippen MR) is 99.2 cm³/mol. The Balaban J connectivity index is 1.54. The van der Waals surface area contributed by atoms with Crippen LogP contribution in [0.5, 0.6) is 0 Å². The van der Waals surface area contributed by atoms with Gasteiger partial charge < -0.3 is 15.7 Å². The summed E-state index contributed by atoms with van der Waals surface area (Å²) in [6.07, 6.45) is 0.771. The van der Waals surface area contributed by atoms with Crippen LogP contribution in [0, 0.1) is 10.1 Å². The standard InChI is InChI=1S/C17H27N5O4/c23-13-12-20-8-10-21(11-9-20)14-17(24)19-7-1-6-18-15-2-4-16(5-3-15)22(25)26/h2-5,18,23H,1,6-14H2,(H,19,24). The van der Waals surface area contributed by atoms with Gasteiger partial charge in [0.15, 0.2) is 0 Å². The van der Waals surface area contributed by atoms with Gasteiger partial charge in [0, 0.05) is 63.6 Å². The average molecular weight is 365 g/mol. The van der Waals surface area contributed by atoms with Gasteiger partial charge in [0.25, 0.3) is 5.69 Å². The number of amides is 1. The minimum atomic E-state index is -0.425. The number of nitro groups is 1. The zero-order valence-electron chi connectivity index (χ0n) is 14.9. The first-order valence-corrected chi connectivity index (χ1v) is 8.89. The number of aliphatic hydroxyl groups excluding tert-OH is 1. The second kappa shape index (κ2) is 10.7. The SMILES string of the molecule is O=C(CN1CCN(CCO)CC1)NCCCNc1ccc([N+](=O)[O-])cc1. The van der Waals surface area contributed by atoms with E-state index in [2.05, 4.69) is 20.4 Å². The Bertz CT molecular complexity index is 573. The Morgan fingerprint density at radius 3 is 2.38 bits per heavy atom. The molecule has 0 atom stereocenters. The number of carbonyl (C=O) groups excluding carboxylic acids is 1. The third kappa shape index (κ3) is 6.95. The number of carbonyl (C=O) groups is 1. The van der Waals surface area contributed by atoms with Crippen molar-refractivity contribution in [2.24, 2.45) is 0 Å². The summed E-state index contributed by atoms with van der Waals surface area (Å²) in [7, 11) is 0. The fourth-order valence-corrected chi connectivity index (χ4v) is 2.82. The Labute approximate surface area is 153 Å². The number of aliphatic hydroxyl groups is 1. The van der Waals surface area contributed by atoms with Crippen LogP contribution >= 0.6 is 0 Å². The molecule has 1 saturated heterocycles. The molecule has 1 aliphatic rings. The summed E-state index contributed by atoms with van der Waals surface area (Å²) in [5, 5.41) is 25.6. The Hall–Kier alpha value is -2.23. The molecule has 0 aromatic heterocycles. The van der Waals surface area contributed by atoms with Crippen molar-refractivity contribution in [3.63, 3.8) is 0 Å². The maximum Gasteiger partial charge on any atom is 0.269 e. The second-order valence-electron chi connectivity index (χ2n) is 6.28. The number of nitrogens with zero attached hydrogens (tertiary/aromatic N) is 3. The fourth-order valence-electron chi connectivity index (χ4n) is 2.82. The molecule has 3 N–H and O–H groups in total. The summed E-state index contributed by atoms with van der Waals surface area (Å²) in [4.78, 5) is 26.4. The molecule has 9 heteroatoms. The molecule has 1 aromatic carbocycles. The van der Waals surface area contributed by atoms with Gasteiger partial charge in [-0.3, -0.25) is 24.7 Å². The number of hydrogen-bond donors (Lipinski definition) is 3. The lowest BCUT2D eigenvalue weighted by Gasteiger charge is -2.33. The molecule has 0 bridgehead atoms. The minimum Gasteiger partial charge on any atom is -0.395 e. The number of nitrogens with one attached hydrogen (secondary N) is 2. The largest absolute Gasteiger partial charge is 0.395 e. The highest BCUT2D eigenvalue weighted by molar-refractivity contribution is 5.78. The molecule has 26 heavy (non-hydrogen) atoms. The summed E-state index contributed by atoms with van der Waals surface area (Å²) in [6.45, 7) is 5.99. The van der Waals surface area contributed by atoms with Gasteiger partial charge in [-0.1, -0.05) is 0 Å². The number of hydrogen-bond acceptors (Lipinski definition) is 7. The first kappa shape index (κ1) is 20.1. The van der Waals surface area contributed by atoms with E-state index >= 15 is 0 Å². The molecule has 0 spiro atoms. The zero-order valence-corrected chi connectivity index (χ0v) is 14.9. The molecule has 1 amide bonds. The smallest absolute Gasteiger partial charge is 0.269 e. The maximum absolute atomic E-state index is 12.0. The van der Waals surface area contributed by atoms with Gasteiger partial charge in [-0.25, -0.2) is 0 Å². The van der Waals surface area contributed by atoms with Crippen molar-refractivity contribution in [2.75, 3.05) is 64.3 Å². The molecule has 1 aromatic rings. The molecule has 9 nitrogen and oxygen atoms in total. The van der Waals surface area contributed by atoms with E-state index in [0.717, 1.165) is 38.3 Å². The Kier molecular flexibility index (Phi) is 8.26. The molecule has 0 saturated carbocycles. The number of piperazine rings is 1. The van der Waals surface area contributed by atoms with E-state index < -0.39 is 4.92 Å². The number of nitro benzene ring substituents is 1. The van der Waals surface area contributed by atoms with Crippen molar-refractivity contribution in [1.29, 1.82) is 0 Å². The average Bonchev–Trinajstić information content (AvgIpc) is 2.63. The van der Waals surface area contributed by atoms with E-state index in [-0.39, 0.29) is 18.2 Å². The topological polar surface area (TPSA) is 111 Å². The molecule has 1 fully saturated rings. The summed E-state index contributed by atoms with van der Waals surface area (Å²) in [5.74, 6) is 0.0240. The summed E-state index contributed by atoms with van der Waals surface area (Å²) < 4.78 is 0. The van der Waals surface area contributed by atoms with Crippen molar-refractivity contribution in [1.82, 2.24) is 15.1 Å². The van der Waals surface area contributed by atoms with Crippen molar-refractivity contribution >= 4 is 17.3 Å².